The van der Waals surface area contributed by atoms with Crippen LogP contribution in [-0.4, -0.2) is 118 Å². The number of aromatic nitrogens is 4. The maximum atomic E-state index is 13.7. The average molecular weight is 800 g/mol. The molecule has 5 rings (SSSR count). The van der Waals surface area contributed by atoms with Gasteiger partial charge in [0.2, 0.25) is 0 Å². The number of carbonyl (C=O) groups excluding carboxylic acids is 4. The van der Waals surface area contributed by atoms with Gasteiger partial charge in [-0.2, -0.15) is 0 Å². The van der Waals surface area contributed by atoms with Crippen molar-refractivity contribution in [2.75, 3.05) is 52.5 Å². The van der Waals surface area contributed by atoms with Gasteiger partial charge < -0.3 is 51.0 Å². The maximum absolute atomic E-state index is 13.7. The summed E-state index contributed by atoms with van der Waals surface area (Å²) in [7, 11) is 0. The molecule has 296 valence electrons. The molecule has 4 aromatic rings. The summed E-state index contributed by atoms with van der Waals surface area (Å²) in [5.41, 5.74) is -1.68. The Morgan fingerprint density at radius 2 is 1.00 bits per heavy atom. The predicted molar refractivity (Wildman–Crippen MR) is 203 cm³/mol. The van der Waals surface area contributed by atoms with Crippen molar-refractivity contribution in [1.82, 2.24) is 41.2 Å². The molecule has 0 radical (unpaired) electrons. The third-order valence-electron chi connectivity index (χ3n) is 8.73. The van der Waals surface area contributed by atoms with Crippen LogP contribution in [0.3, 0.4) is 0 Å². The van der Waals surface area contributed by atoms with Gasteiger partial charge in [0.05, 0.1) is 59.5 Å². The van der Waals surface area contributed by atoms with Crippen LogP contribution in [0.15, 0.2) is 60.9 Å². The van der Waals surface area contributed by atoms with Gasteiger partial charge in [-0.15, -0.1) is 0 Å². The van der Waals surface area contributed by atoms with E-state index in [1.54, 1.807) is 53.7 Å². The van der Waals surface area contributed by atoms with E-state index in [4.69, 9.17) is 9.47 Å². The van der Waals surface area contributed by atoms with E-state index in [0.717, 1.165) is 0 Å². The molecule has 3 heterocycles. The van der Waals surface area contributed by atoms with Gasteiger partial charge in [0.15, 0.2) is 0 Å². The number of hydrogen-bond acceptors (Lipinski definition) is 12. The maximum Gasteiger partial charge on any atom is 2.00 e. The van der Waals surface area contributed by atoms with Crippen molar-refractivity contribution in [2.24, 2.45) is 0 Å². The van der Waals surface area contributed by atoms with Gasteiger partial charge in [-0.05, 0) is 51.2 Å². The molecule has 0 unspecified atom stereocenters. The first-order valence-corrected chi connectivity index (χ1v) is 17.8. The summed E-state index contributed by atoms with van der Waals surface area (Å²) in [6.07, 6.45) is 2.83. The van der Waals surface area contributed by atoms with Gasteiger partial charge in [-0.25, -0.2) is 9.97 Å². The van der Waals surface area contributed by atoms with Gasteiger partial charge in [0.1, 0.15) is 22.6 Å². The second-order valence-electron chi connectivity index (χ2n) is 14.8. The first-order valence-electron chi connectivity index (χ1n) is 17.8. The molecule has 0 bridgehead atoms. The Hall–Kier alpha value is -4.67. The molecule has 2 atom stereocenters. The topological polar surface area (TPSA) is 215 Å². The fraction of sp³-hybridized carbons (Fsp3) is 0.474. The van der Waals surface area contributed by atoms with Crippen LogP contribution < -0.4 is 21.3 Å². The molecule has 1 saturated heterocycles. The molecule has 2 aromatic carbocycles. The van der Waals surface area contributed by atoms with Gasteiger partial charge in [0, 0.05) is 26.2 Å². The van der Waals surface area contributed by atoms with Crippen LogP contribution in [0.2, 0.25) is 0 Å². The zero-order valence-corrected chi connectivity index (χ0v) is 32.9. The van der Waals surface area contributed by atoms with Crippen molar-refractivity contribution < 1.29 is 45.1 Å². The Morgan fingerprint density at radius 1 is 0.636 bits per heavy atom. The standard InChI is InChI=1S/C38H50N10O6.Ni/c1-35(2)21-39-23-38(6,54-18-16-42-32(50)30-20-44-26-12-8-10-14-28(26)46-30)34(52)48-36(3,4)22-40-24-37(5,33(51)47-35)53-17-15-41-31(49)29-19-43-25-11-7-9-13-27(25)45-29;/h7-14,19-20,39-40H,15-18,21-24H2,1-6H3,(H4,41,42,47,48,49,50,51,52);/q;+2/p-2/t37-,38+;. The normalized spacial score (nSPS) is 21.7. The van der Waals surface area contributed by atoms with Crippen LogP contribution in [0.5, 0.6) is 0 Å². The van der Waals surface area contributed by atoms with Crippen molar-refractivity contribution in [3.8, 4) is 0 Å². The van der Waals surface area contributed by atoms with Crippen molar-refractivity contribution in [3.63, 3.8) is 0 Å². The quantitative estimate of drug-likeness (QED) is 0.135. The number of ether oxygens (including phenoxy) is 2. The number of amides is 4. The van der Waals surface area contributed by atoms with Gasteiger partial charge >= 0.3 is 16.5 Å². The van der Waals surface area contributed by atoms with Gasteiger partial charge in [-0.1, -0.05) is 63.0 Å². The number of para-hydroxylation sites is 4. The van der Waals surface area contributed by atoms with Crippen molar-refractivity contribution in [1.29, 1.82) is 0 Å². The number of hydrogen-bond donors (Lipinski definition) is 4. The van der Waals surface area contributed by atoms with E-state index in [9.17, 15) is 19.2 Å². The SMILES string of the molecule is CC1(C)CNC[C@](C)(OCCNC(=O)c2cnc3ccccc3n2)C(=O)[N-]C(C)(C)CNC[C@@](C)(OCCNC(=O)c2cnc3ccccc3n2)C(=O)[N-]1.[Ni+2]. The zero-order chi connectivity index (χ0) is 39.0. The van der Waals surface area contributed by atoms with E-state index in [2.05, 4.69) is 51.8 Å². The number of rotatable bonds is 10. The fourth-order valence-electron chi connectivity index (χ4n) is 5.65. The smallest absolute Gasteiger partial charge is 0.645 e. The molecular weight excluding hydrogens is 751 g/mol. The van der Waals surface area contributed by atoms with Crippen LogP contribution >= 0.6 is 0 Å². The van der Waals surface area contributed by atoms with Crippen molar-refractivity contribution >= 4 is 45.7 Å². The Balaban J connectivity index is 0.00000673. The first kappa shape index (κ1) is 43.1. The summed E-state index contributed by atoms with van der Waals surface area (Å²) in [6.45, 7) is 11.3. The molecule has 1 fully saturated rings. The third kappa shape index (κ3) is 11.7. The molecule has 0 saturated carbocycles. The number of nitrogens with one attached hydrogen (secondary N) is 4. The fourth-order valence-corrected chi connectivity index (χ4v) is 5.65. The van der Waals surface area contributed by atoms with Crippen LogP contribution in [0, 0.1) is 0 Å². The number of fused-ring (bicyclic) bond motifs is 2. The second kappa shape index (κ2) is 18.3. The molecule has 4 amide bonds. The number of nitrogens with zero attached hydrogens (tertiary/aromatic N) is 6. The van der Waals surface area contributed by atoms with Gasteiger partial charge in [-0.3, -0.25) is 19.6 Å². The third-order valence-corrected chi connectivity index (χ3v) is 8.73. The predicted octanol–water partition coefficient (Wildman–Crippen LogP) is 2.83. The molecular formula is C38H48N10NiO6. The summed E-state index contributed by atoms with van der Waals surface area (Å²) in [5.74, 6) is -1.80. The zero-order valence-electron chi connectivity index (χ0n) is 31.9. The molecule has 2 aromatic heterocycles. The first-order chi connectivity index (χ1) is 25.6. The van der Waals surface area contributed by atoms with Crippen LogP contribution in [-0.2, 0) is 35.6 Å². The van der Waals surface area contributed by atoms with Crippen LogP contribution in [0.1, 0.15) is 62.5 Å². The average Bonchev–Trinajstić information content (AvgIpc) is 3.13. The van der Waals surface area contributed by atoms with E-state index in [1.165, 1.54) is 12.4 Å². The van der Waals surface area contributed by atoms with Crippen LogP contribution in [0.25, 0.3) is 32.7 Å². The Kier molecular flexibility index (Phi) is 14.3. The summed E-state index contributed by atoms with van der Waals surface area (Å²) >= 11 is 0. The van der Waals surface area contributed by atoms with Gasteiger partial charge in [0.25, 0.3) is 11.8 Å². The minimum atomic E-state index is -1.39. The molecule has 4 N–H and O–H groups in total. The Bertz CT molecular complexity index is 1860. The van der Waals surface area contributed by atoms with E-state index >= 15 is 0 Å². The molecule has 0 spiro atoms. The van der Waals surface area contributed by atoms with Crippen molar-refractivity contribution in [2.45, 2.75) is 63.8 Å². The van der Waals surface area contributed by atoms with Crippen LogP contribution in [0.4, 0.5) is 0 Å². The molecule has 1 aliphatic heterocycles. The summed E-state index contributed by atoms with van der Waals surface area (Å²) in [6, 6.07) is 14.5. The minimum Gasteiger partial charge on any atom is -0.645 e. The Labute approximate surface area is 330 Å². The Morgan fingerprint density at radius 3 is 1.38 bits per heavy atom. The molecule has 17 heteroatoms. The number of benzene rings is 2. The van der Waals surface area contributed by atoms with Crippen molar-refractivity contribution in [3.05, 3.63) is 82.9 Å². The van der Waals surface area contributed by atoms with E-state index < -0.39 is 45.9 Å². The summed E-state index contributed by atoms with van der Waals surface area (Å²) in [4.78, 5) is 70.3. The molecule has 0 aliphatic carbocycles. The molecule has 1 aliphatic rings. The van der Waals surface area contributed by atoms with E-state index in [1.807, 2.05) is 36.4 Å². The minimum absolute atomic E-state index is 0. The summed E-state index contributed by atoms with van der Waals surface area (Å²) < 4.78 is 12.2. The van der Waals surface area contributed by atoms with E-state index in [0.29, 0.717) is 22.1 Å². The van der Waals surface area contributed by atoms with E-state index in [-0.39, 0.29) is 80.4 Å². The second-order valence-corrected chi connectivity index (χ2v) is 14.8. The largest absolute Gasteiger partial charge is 2.00 e. The monoisotopic (exact) mass is 798 g/mol. The summed E-state index contributed by atoms with van der Waals surface area (Å²) in [5, 5.41) is 21.0. The molecule has 16 nitrogen and oxygen atoms in total. The number of carbonyl (C=O) groups is 4. The molecule has 55 heavy (non-hydrogen) atoms.